The molecule has 1 heterocycles. The molecule has 0 radical (unpaired) electrons. The van der Waals surface area contributed by atoms with E-state index in [4.69, 9.17) is 9.47 Å². The number of nitrogens with zero attached hydrogens (tertiary/aromatic N) is 1. The quantitative estimate of drug-likeness (QED) is 0.498. The van der Waals surface area contributed by atoms with Gasteiger partial charge in [0.15, 0.2) is 0 Å². The Hall–Kier alpha value is -0.160. The van der Waals surface area contributed by atoms with Crippen LogP contribution < -0.4 is 0 Å². The van der Waals surface area contributed by atoms with Crippen LogP contribution >= 0.6 is 0 Å². The van der Waals surface area contributed by atoms with Gasteiger partial charge in [0.1, 0.15) is 0 Å². The molecule has 0 bridgehead atoms. The predicted octanol–water partition coefficient (Wildman–Crippen LogP) is 0.893. The standard InChI is InChI=1S/C9H19NO3/c1-2-12-7-5-10(11)8-9-4-3-6-13-9/h9,11H,2-8H2,1H3. The van der Waals surface area contributed by atoms with Gasteiger partial charge in [-0.1, -0.05) is 0 Å². The molecule has 4 nitrogen and oxygen atoms in total. The van der Waals surface area contributed by atoms with E-state index in [1.807, 2.05) is 6.92 Å². The highest BCUT2D eigenvalue weighted by molar-refractivity contribution is 4.66. The summed E-state index contributed by atoms with van der Waals surface area (Å²) in [7, 11) is 0. The van der Waals surface area contributed by atoms with E-state index in [2.05, 4.69) is 0 Å². The molecule has 4 heteroatoms. The minimum absolute atomic E-state index is 0.214. The van der Waals surface area contributed by atoms with Gasteiger partial charge in [-0.25, -0.2) is 0 Å². The SMILES string of the molecule is CCOCCN(O)CC1CCCO1. The van der Waals surface area contributed by atoms with Crippen molar-refractivity contribution in [3.63, 3.8) is 0 Å². The maximum absolute atomic E-state index is 9.41. The van der Waals surface area contributed by atoms with E-state index in [0.29, 0.717) is 26.3 Å². The smallest absolute Gasteiger partial charge is 0.0726 e. The number of ether oxygens (including phenoxy) is 2. The van der Waals surface area contributed by atoms with E-state index in [1.54, 1.807) is 0 Å². The van der Waals surface area contributed by atoms with Crippen LogP contribution in [-0.2, 0) is 9.47 Å². The fourth-order valence-electron chi connectivity index (χ4n) is 1.43. The van der Waals surface area contributed by atoms with Crippen molar-refractivity contribution in [1.29, 1.82) is 0 Å². The topological polar surface area (TPSA) is 41.9 Å². The van der Waals surface area contributed by atoms with Crippen LogP contribution in [0.15, 0.2) is 0 Å². The van der Waals surface area contributed by atoms with Gasteiger partial charge in [-0.05, 0) is 19.8 Å². The Morgan fingerprint density at radius 3 is 3.08 bits per heavy atom. The van der Waals surface area contributed by atoms with Crippen molar-refractivity contribution < 1.29 is 14.7 Å². The van der Waals surface area contributed by atoms with Crippen LogP contribution in [0.3, 0.4) is 0 Å². The molecule has 1 N–H and O–H groups in total. The Bertz CT molecular complexity index is 126. The first-order valence-corrected chi connectivity index (χ1v) is 4.96. The number of hydrogen-bond donors (Lipinski definition) is 1. The second-order valence-corrected chi connectivity index (χ2v) is 3.24. The Labute approximate surface area is 79.4 Å². The summed E-state index contributed by atoms with van der Waals surface area (Å²) in [5.41, 5.74) is 0. The van der Waals surface area contributed by atoms with E-state index in [1.165, 1.54) is 5.06 Å². The fraction of sp³-hybridized carbons (Fsp3) is 1.00. The Morgan fingerprint density at radius 2 is 2.46 bits per heavy atom. The summed E-state index contributed by atoms with van der Waals surface area (Å²) in [4.78, 5) is 0. The van der Waals surface area contributed by atoms with Crippen molar-refractivity contribution >= 4 is 0 Å². The predicted molar refractivity (Wildman–Crippen MR) is 48.8 cm³/mol. The first-order chi connectivity index (χ1) is 6.33. The second-order valence-electron chi connectivity index (χ2n) is 3.24. The molecule has 1 rings (SSSR count). The fourth-order valence-corrected chi connectivity index (χ4v) is 1.43. The minimum Gasteiger partial charge on any atom is -0.380 e. The first-order valence-electron chi connectivity index (χ1n) is 4.96. The van der Waals surface area contributed by atoms with Crippen molar-refractivity contribution in [3.8, 4) is 0 Å². The highest BCUT2D eigenvalue weighted by Gasteiger charge is 2.17. The van der Waals surface area contributed by atoms with Crippen LogP contribution in [0.25, 0.3) is 0 Å². The van der Waals surface area contributed by atoms with Crippen LogP contribution in [0.1, 0.15) is 19.8 Å². The Kier molecular flexibility index (Phi) is 5.31. The number of rotatable bonds is 6. The van der Waals surface area contributed by atoms with Gasteiger partial charge in [0.2, 0.25) is 0 Å². The number of hydroxylamine groups is 2. The van der Waals surface area contributed by atoms with Crippen LogP contribution in [0.4, 0.5) is 0 Å². The average Bonchev–Trinajstić information content (AvgIpc) is 2.57. The Morgan fingerprint density at radius 1 is 1.62 bits per heavy atom. The maximum Gasteiger partial charge on any atom is 0.0726 e. The molecule has 1 aliphatic rings. The highest BCUT2D eigenvalue weighted by Crippen LogP contribution is 2.12. The van der Waals surface area contributed by atoms with Crippen LogP contribution in [0, 0.1) is 0 Å². The molecule has 1 aliphatic heterocycles. The molecule has 0 saturated carbocycles. The molecule has 1 fully saturated rings. The monoisotopic (exact) mass is 189 g/mol. The normalized spacial score (nSPS) is 22.8. The lowest BCUT2D eigenvalue weighted by Crippen LogP contribution is -2.32. The maximum atomic E-state index is 9.41. The molecule has 0 aromatic rings. The van der Waals surface area contributed by atoms with Gasteiger partial charge in [-0.15, -0.1) is 0 Å². The third kappa shape index (κ3) is 4.57. The van der Waals surface area contributed by atoms with Crippen molar-refractivity contribution in [3.05, 3.63) is 0 Å². The van der Waals surface area contributed by atoms with Gasteiger partial charge in [0.25, 0.3) is 0 Å². The van der Waals surface area contributed by atoms with E-state index in [9.17, 15) is 5.21 Å². The van der Waals surface area contributed by atoms with E-state index < -0.39 is 0 Å². The lowest BCUT2D eigenvalue weighted by Gasteiger charge is -2.18. The molecule has 1 saturated heterocycles. The molecule has 0 spiro atoms. The van der Waals surface area contributed by atoms with Crippen LogP contribution in [0.2, 0.25) is 0 Å². The van der Waals surface area contributed by atoms with Crippen molar-refractivity contribution in [2.45, 2.75) is 25.9 Å². The van der Waals surface area contributed by atoms with Crippen molar-refractivity contribution in [2.24, 2.45) is 0 Å². The number of hydrogen-bond acceptors (Lipinski definition) is 4. The molecule has 78 valence electrons. The van der Waals surface area contributed by atoms with E-state index >= 15 is 0 Å². The third-order valence-corrected chi connectivity index (χ3v) is 2.14. The molecule has 1 atom stereocenters. The van der Waals surface area contributed by atoms with E-state index in [0.717, 1.165) is 19.4 Å². The summed E-state index contributed by atoms with van der Waals surface area (Å²) in [6, 6.07) is 0. The Balaban J connectivity index is 1.99. The molecule has 0 aliphatic carbocycles. The van der Waals surface area contributed by atoms with E-state index in [-0.39, 0.29) is 6.10 Å². The zero-order valence-electron chi connectivity index (χ0n) is 8.24. The molecular weight excluding hydrogens is 170 g/mol. The zero-order chi connectivity index (χ0) is 9.52. The molecule has 0 aromatic carbocycles. The summed E-state index contributed by atoms with van der Waals surface area (Å²) in [6.07, 6.45) is 2.39. The molecule has 0 amide bonds. The zero-order valence-corrected chi connectivity index (χ0v) is 8.24. The van der Waals surface area contributed by atoms with Gasteiger partial charge in [0, 0.05) is 19.8 Å². The molecule has 0 aromatic heterocycles. The first kappa shape index (κ1) is 10.9. The summed E-state index contributed by atoms with van der Waals surface area (Å²) >= 11 is 0. The lowest BCUT2D eigenvalue weighted by atomic mass is 10.2. The average molecular weight is 189 g/mol. The van der Waals surface area contributed by atoms with Gasteiger partial charge >= 0.3 is 0 Å². The van der Waals surface area contributed by atoms with Gasteiger partial charge in [0.05, 0.1) is 19.3 Å². The van der Waals surface area contributed by atoms with Crippen molar-refractivity contribution in [1.82, 2.24) is 5.06 Å². The largest absolute Gasteiger partial charge is 0.380 e. The summed E-state index contributed by atoms with van der Waals surface area (Å²) in [6.45, 7) is 5.24. The summed E-state index contributed by atoms with van der Waals surface area (Å²) in [5, 5.41) is 10.7. The minimum atomic E-state index is 0.214. The second kappa shape index (κ2) is 6.32. The summed E-state index contributed by atoms with van der Waals surface area (Å²) < 4.78 is 10.5. The molecule has 1 unspecified atom stereocenters. The van der Waals surface area contributed by atoms with Crippen LogP contribution in [0.5, 0.6) is 0 Å². The molecule has 13 heavy (non-hydrogen) atoms. The van der Waals surface area contributed by atoms with Crippen LogP contribution in [-0.4, -0.2) is 49.3 Å². The van der Waals surface area contributed by atoms with Gasteiger partial charge in [-0.3, -0.25) is 0 Å². The van der Waals surface area contributed by atoms with Crippen molar-refractivity contribution in [2.75, 3.05) is 32.9 Å². The highest BCUT2D eigenvalue weighted by atomic mass is 16.5. The van der Waals surface area contributed by atoms with Gasteiger partial charge in [-0.2, -0.15) is 5.06 Å². The van der Waals surface area contributed by atoms with Gasteiger partial charge < -0.3 is 14.7 Å². The molecular formula is C9H19NO3. The summed E-state index contributed by atoms with van der Waals surface area (Å²) in [5.74, 6) is 0. The lowest BCUT2D eigenvalue weighted by molar-refractivity contribution is -0.125. The third-order valence-electron chi connectivity index (χ3n) is 2.14.